The lowest BCUT2D eigenvalue weighted by Crippen LogP contribution is -2.47. The Kier molecular flexibility index (Phi) is 4.25. The van der Waals surface area contributed by atoms with E-state index >= 15 is 0 Å². The van der Waals surface area contributed by atoms with Gasteiger partial charge in [0, 0.05) is 10.9 Å². The highest BCUT2D eigenvalue weighted by molar-refractivity contribution is 7.91. The Hall–Kier alpha value is -1.73. The first-order chi connectivity index (χ1) is 10.9. The van der Waals surface area contributed by atoms with Gasteiger partial charge in [-0.15, -0.1) is 11.3 Å². The van der Waals surface area contributed by atoms with Crippen molar-refractivity contribution in [2.75, 3.05) is 11.5 Å². The molecule has 122 valence electrons. The summed E-state index contributed by atoms with van der Waals surface area (Å²) in [6.07, 6.45) is 0.631. The third-order valence-electron chi connectivity index (χ3n) is 3.86. The number of carbonyl (C=O) groups is 1. The molecule has 0 saturated carbocycles. The lowest BCUT2D eigenvalue weighted by atomic mass is 10.0. The fourth-order valence-electron chi connectivity index (χ4n) is 2.76. The third-order valence-corrected chi connectivity index (χ3v) is 6.70. The number of hydrogen-bond donors (Lipinski definition) is 1. The van der Waals surface area contributed by atoms with Gasteiger partial charge in [0.25, 0.3) is 0 Å². The number of hydrogen-bond acceptors (Lipinski definition) is 5. The van der Waals surface area contributed by atoms with Gasteiger partial charge in [-0.05, 0) is 13.3 Å². The number of nitrogens with one attached hydrogen (secondary N) is 1. The van der Waals surface area contributed by atoms with Crippen LogP contribution in [0.5, 0.6) is 0 Å². The minimum atomic E-state index is -3.03. The molecule has 1 saturated heterocycles. The van der Waals surface area contributed by atoms with Gasteiger partial charge in [-0.3, -0.25) is 4.79 Å². The fraction of sp³-hybridized carbons (Fsp3) is 0.375. The number of amides is 1. The van der Waals surface area contributed by atoms with E-state index in [4.69, 9.17) is 0 Å². The van der Waals surface area contributed by atoms with Crippen molar-refractivity contribution >= 4 is 27.1 Å². The second kappa shape index (κ2) is 6.05. The van der Waals surface area contributed by atoms with Crippen LogP contribution in [0.2, 0.25) is 0 Å². The van der Waals surface area contributed by atoms with Gasteiger partial charge in [-0.1, -0.05) is 30.3 Å². The molecule has 7 heteroatoms. The third kappa shape index (κ3) is 3.97. The Morgan fingerprint density at radius 1 is 1.35 bits per heavy atom. The predicted octanol–water partition coefficient (Wildman–Crippen LogP) is 2.05. The van der Waals surface area contributed by atoms with Gasteiger partial charge in [0.2, 0.25) is 5.91 Å². The van der Waals surface area contributed by atoms with Crippen molar-refractivity contribution < 1.29 is 13.2 Å². The maximum Gasteiger partial charge on any atom is 0.226 e. The molecule has 1 amide bonds. The topological polar surface area (TPSA) is 76.1 Å². The van der Waals surface area contributed by atoms with E-state index in [2.05, 4.69) is 10.3 Å². The summed E-state index contributed by atoms with van der Waals surface area (Å²) >= 11 is 1.50. The minimum absolute atomic E-state index is 0.0120. The summed E-state index contributed by atoms with van der Waals surface area (Å²) in [5.41, 5.74) is 1.07. The quantitative estimate of drug-likeness (QED) is 0.915. The van der Waals surface area contributed by atoms with Gasteiger partial charge in [0.05, 0.1) is 29.2 Å². The van der Waals surface area contributed by atoms with Crippen LogP contribution in [0.3, 0.4) is 0 Å². The van der Waals surface area contributed by atoms with Crippen molar-refractivity contribution in [3.63, 3.8) is 0 Å². The van der Waals surface area contributed by atoms with E-state index < -0.39 is 15.4 Å². The summed E-state index contributed by atoms with van der Waals surface area (Å²) in [4.78, 5) is 16.7. The Morgan fingerprint density at radius 3 is 2.74 bits per heavy atom. The van der Waals surface area contributed by atoms with Crippen LogP contribution in [0.15, 0.2) is 35.7 Å². The first-order valence-electron chi connectivity index (χ1n) is 7.37. The van der Waals surface area contributed by atoms with Crippen LogP contribution in [-0.4, -0.2) is 36.4 Å². The van der Waals surface area contributed by atoms with Crippen molar-refractivity contribution in [2.45, 2.75) is 25.3 Å². The lowest BCUT2D eigenvalue weighted by Gasteiger charge is -2.23. The lowest BCUT2D eigenvalue weighted by molar-refractivity contribution is -0.121. The second-order valence-corrected chi connectivity index (χ2v) is 9.18. The zero-order chi connectivity index (χ0) is 16.5. The Balaban J connectivity index is 1.64. The number of aromatic nitrogens is 1. The summed E-state index contributed by atoms with van der Waals surface area (Å²) in [6.45, 7) is 1.78. The van der Waals surface area contributed by atoms with E-state index in [-0.39, 0.29) is 23.8 Å². The molecule has 1 atom stereocenters. The second-order valence-electron chi connectivity index (χ2n) is 6.14. The number of sulfone groups is 1. The number of nitrogens with zero attached hydrogens (tertiary/aromatic N) is 1. The molecule has 1 N–H and O–H groups in total. The molecule has 1 aromatic heterocycles. The zero-order valence-corrected chi connectivity index (χ0v) is 14.4. The maximum atomic E-state index is 12.2. The van der Waals surface area contributed by atoms with E-state index in [9.17, 15) is 13.2 Å². The van der Waals surface area contributed by atoms with E-state index in [0.717, 1.165) is 10.6 Å². The molecule has 0 radical (unpaired) electrons. The molecule has 1 fully saturated rings. The molecule has 1 aliphatic heterocycles. The normalized spacial score (nSPS) is 22.8. The summed E-state index contributed by atoms with van der Waals surface area (Å²) in [5.74, 6) is -0.0361. The van der Waals surface area contributed by atoms with Crippen molar-refractivity contribution in [3.05, 3.63) is 41.4 Å². The summed E-state index contributed by atoms with van der Waals surface area (Å²) < 4.78 is 23.2. The standard InChI is InChI=1S/C16H18N2O3S2/c1-16(7-8-23(20,21)11-16)18-14(19)9-13-10-22-15(17-13)12-5-3-2-4-6-12/h2-6,10H,7-9,11H2,1H3,(H,18,19). The smallest absolute Gasteiger partial charge is 0.226 e. The minimum Gasteiger partial charge on any atom is -0.350 e. The molecule has 1 aliphatic rings. The van der Waals surface area contributed by atoms with Crippen LogP contribution in [0.4, 0.5) is 0 Å². The van der Waals surface area contributed by atoms with Gasteiger partial charge in [-0.25, -0.2) is 13.4 Å². The van der Waals surface area contributed by atoms with Crippen LogP contribution in [-0.2, 0) is 21.1 Å². The van der Waals surface area contributed by atoms with Gasteiger partial charge < -0.3 is 5.32 Å². The van der Waals surface area contributed by atoms with Crippen LogP contribution in [0, 0.1) is 0 Å². The molecule has 0 aliphatic carbocycles. The first kappa shape index (κ1) is 16.1. The highest BCUT2D eigenvalue weighted by atomic mass is 32.2. The van der Waals surface area contributed by atoms with Gasteiger partial charge in [0.15, 0.2) is 9.84 Å². The summed E-state index contributed by atoms with van der Waals surface area (Å²) in [5, 5.41) is 5.60. The predicted molar refractivity (Wildman–Crippen MR) is 91.1 cm³/mol. The largest absolute Gasteiger partial charge is 0.350 e. The monoisotopic (exact) mass is 350 g/mol. The highest BCUT2D eigenvalue weighted by Crippen LogP contribution is 2.25. The van der Waals surface area contributed by atoms with Gasteiger partial charge >= 0.3 is 0 Å². The van der Waals surface area contributed by atoms with Crippen LogP contribution < -0.4 is 5.32 Å². The summed E-state index contributed by atoms with van der Waals surface area (Å²) in [6, 6.07) is 9.80. The van der Waals surface area contributed by atoms with Crippen molar-refractivity contribution in [2.24, 2.45) is 0 Å². The van der Waals surface area contributed by atoms with E-state index in [1.807, 2.05) is 35.7 Å². The zero-order valence-electron chi connectivity index (χ0n) is 12.8. The average Bonchev–Trinajstić information content (AvgIpc) is 3.04. The van der Waals surface area contributed by atoms with E-state index in [1.54, 1.807) is 6.92 Å². The van der Waals surface area contributed by atoms with Gasteiger partial charge in [-0.2, -0.15) is 0 Å². The molecule has 23 heavy (non-hydrogen) atoms. The average molecular weight is 350 g/mol. The number of carbonyl (C=O) groups excluding carboxylic acids is 1. The van der Waals surface area contributed by atoms with E-state index in [1.165, 1.54) is 11.3 Å². The number of thiazole rings is 1. The number of rotatable bonds is 4. The fourth-order valence-corrected chi connectivity index (χ4v) is 5.67. The maximum absolute atomic E-state index is 12.2. The molecule has 1 aromatic carbocycles. The SMILES string of the molecule is CC1(NC(=O)Cc2csc(-c3ccccc3)n2)CCS(=O)(=O)C1. The molecule has 5 nitrogen and oxygen atoms in total. The molecule has 1 unspecified atom stereocenters. The molecular formula is C16H18N2O3S2. The Bertz CT molecular complexity index is 815. The van der Waals surface area contributed by atoms with Crippen LogP contribution in [0.1, 0.15) is 19.0 Å². The molecule has 2 heterocycles. The molecule has 3 rings (SSSR count). The van der Waals surface area contributed by atoms with Crippen molar-refractivity contribution in [3.8, 4) is 10.6 Å². The highest BCUT2D eigenvalue weighted by Gasteiger charge is 2.39. The van der Waals surface area contributed by atoms with Crippen molar-refractivity contribution in [1.82, 2.24) is 10.3 Å². The molecule has 2 aromatic rings. The molecule has 0 spiro atoms. The van der Waals surface area contributed by atoms with Crippen LogP contribution in [0.25, 0.3) is 10.6 Å². The number of benzene rings is 1. The molecule has 0 bridgehead atoms. The van der Waals surface area contributed by atoms with Crippen LogP contribution >= 0.6 is 11.3 Å². The Labute approximate surface area is 139 Å². The van der Waals surface area contributed by atoms with Gasteiger partial charge in [0.1, 0.15) is 5.01 Å². The summed E-state index contributed by atoms with van der Waals surface area (Å²) in [7, 11) is -3.03. The first-order valence-corrected chi connectivity index (χ1v) is 10.1. The van der Waals surface area contributed by atoms with Crippen molar-refractivity contribution in [1.29, 1.82) is 0 Å². The Morgan fingerprint density at radius 2 is 2.09 bits per heavy atom. The molecular weight excluding hydrogens is 332 g/mol. The van der Waals surface area contributed by atoms with E-state index in [0.29, 0.717) is 12.1 Å².